The Morgan fingerprint density at radius 3 is 2.26 bits per heavy atom. The van der Waals surface area contributed by atoms with Crippen molar-refractivity contribution in [3.05, 3.63) is 48.7 Å². The molecule has 0 aromatic heterocycles. The second-order valence-electron chi connectivity index (χ2n) is 12.7. The Kier molecular flexibility index (Phi) is 12.1. The van der Waals surface area contributed by atoms with Crippen molar-refractivity contribution in [3.8, 4) is 5.75 Å². The molecule has 43 heavy (non-hydrogen) atoms. The molecule has 1 aliphatic heterocycles. The van der Waals surface area contributed by atoms with Gasteiger partial charge >= 0.3 is 5.97 Å². The minimum Gasteiger partial charge on any atom is -0.478 e. The molecule has 0 bridgehead atoms. The Bertz CT molecular complexity index is 1280. The molecule has 8 nitrogen and oxygen atoms in total. The maximum absolute atomic E-state index is 12.6. The number of unbranched alkanes of at least 4 members (excludes halogenated alkanes) is 2. The van der Waals surface area contributed by atoms with Crippen molar-refractivity contribution in [2.45, 2.75) is 89.4 Å². The van der Waals surface area contributed by atoms with Crippen LogP contribution >= 0.6 is 22.4 Å². The highest BCUT2D eigenvalue weighted by atomic mass is 32.3. The van der Waals surface area contributed by atoms with Crippen molar-refractivity contribution in [3.63, 3.8) is 0 Å². The standard InChI is InChI=1S/C33H48N2O6S2/c1-7-9-16-33(17-10-8-2)22-35(25-13-11-24(12-14-25)34-30(36)21-32(3,4)5)26-19-28(42-6)27(41-18-15-31(37)38)20-29(26)43(39,40)23-33/h11-15,18-20,39-40H,7-10,16-17,21-23H2,1-6H3,(H,34,36)(H,37,38)/b18-15+. The predicted octanol–water partition coefficient (Wildman–Crippen LogP) is 9.39. The Labute approximate surface area is 262 Å². The number of fused-ring (bicyclic) bond motifs is 1. The van der Waals surface area contributed by atoms with E-state index in [0.29, 0.717) is 35.0 Å². The van der Waals surface area contributed by atoms with E-state index in [9.17, 15) is 18.7 Å². The minimum atomic E-state index is -3.25. The van der Waals surface area contributed by atoms with E-state index >= 15 is 0 Å². The fourth-order valence-electron chi connectivity index (χ4n) is 5.56. The van der Waals surface area contributed by atoms with Crippen molar-refractivity contribution < 1.29 is 28.5 Å². The molecule has 2 aromatic rings. The van der Waals surface area contributed by atoms with E-state index in [1.54, 1.807) is 6.07 Å². The summed E-state index contributed by atoms with van der Waals surface area (Å²) in [7, 11) is -3.25. The van der Waals surface area contributed by atoms with Crippen LogP contribution < -0.4 is 15.0 Å². The number of nitrogens with zero attached hydrogens (tertiary/aromatic N) is 1. The molecule has 0 spiro atoms. The molecule has 4 N–H and O–H groups in total. The van der Waals surface area contributed by atoms with Gasteiger partial charge in [-0.3, -0.25) is 13.9 Å². The first-order valence-electron chi connectivity index (χ1n) is 14.9. The molecule has 0 radical (unpaired) electrons. The molecule has 1 amide bonds. The van der Waals surface area contributed by atoms with Gasteiger partial charge in [-0.2, -0.15) is 10.6 Å². The summed E-state index contributed by atoms with van der Waals surface area (Å²) in [5.74, 6) is -0.560. The highest BCUT2D eigenvalue weighted by Gasteiger charge is 2.42. The lowest BCUT2D eigenvalue weighted by Crippen LogP contribution is -2.37. The van der Waals surface area contributed by atoms with Gasteiger partial charge in [0.25, 0.3) is 0 Å². The number of carbonyl (C=O) groups is 2. The van der Waals surface area contributed by atoms with Gasteiger partial charge in [-0.05, 0) is 54.8 Å². The van der Waals surface area contributed by atoms with Gasteiger partial charge in [0.1, 0.15) is 5.75 Å². The number of carbonyl (C=O) groups excluding carboxylic acids is 1. The Balaban J connectivity index is 2.15. The molecule has 1 heterocycles. The van der Waals surface area contributed by atoms with E-state index in [-0.39, 0.29) is 22.5 Å². The zero-order valence-corrected chi connectivity index (χ0v) is 27.9. The summed E-state index contributed by atoms with van der Waals surface area (Å²) < 4.78 is 29.4. The van der Waals surface area contributed by atoms with Gasteiger partial charge in [0.2, 0.25) is 5.91 Å². The zero-order valence-electron chi connectivity index (χ0n) is 26.3. The summed E-state index contributed by atoms with van der Waals surface area (Å²) in [6.45, 7) is 11.0. The highest BCUT2D eigenvalue weighted by Crippen LogP contribution is 2.62. The van der Waals surface area contributed by atoms with Crippen molar-refractivity contribution in [2.75, 3.05) is 28.8 Å². The summed E-state index contributed by atoms with van der Waals surface area (Å²) in [6.07, 6.45) is 10.0. The first kappa shape index (κ1) is 34.8. The number of carboxylic acid groups (broad SMARTS) is 1. The second kappa shape index (κ2) is 14.9. The monoisotopic (exact) mass is 632 g/mol. The van der Waals surface area contributed by atoms with E-state index in [1.165, 1.54) is 11.8 Å². The van der Waals surface area contributed by atoms with Gasteiger partial charge in [-0.25, -0.2) is 4.79 Å². The lowest BCUT2D eigenvalue weighted by Gasteiger charge is -2.42. The molecule has 0 unspecified atom stereocenters. The number of benzene rings is 2. The zero-order chi connectivity index (χ0) is 31.8. The maximum Gasteiger partial charge on any atom is 0.331 e. The van der Waals surface area contributed by atoms with Crippen LogP contribution in [-0.4, -0.2) is 44.6 Å². The Hall–Kier alpha value is -2.66. The third kappa shape index (κ3) is 9.66. The lowest BCUT2D eigenvalue weighted by molar-refractivity contribution is -0.131. The van der Waals surface area contributed by atoms with Crippen LogP contribution in [0.3, 0.4) is 0 Å². The number of ether oxygens (including phenoxy) is 1. The first-order valence-corrected chi connectivity index (χ1v) is 17.9. The largest absolute Gasteiger partial charge is 0.478 e. The molecule has 3 rings (SSSR count). The van der Waals surface area contributed by atoms with Crippen LogP contribution in [0.2, 0.25) is 0 Å². The Morgan fingerprint density at radius 1 is 1.09 bits per heavy atom. The number of hydrogen-bond donors (Lipinski definition) is 4. The maximum atomic E-state index is 12.6. The lowest BCUT2D eigenvalue weighted by atomic mass is 9.79. The van der Waals surface area contributed by atoms with Crippen LogP contribution in [0.1, 0.15) is 79.6 Å². The summed E-state index contributed by atoms with van der Waals surface area (Å²) >= 11 is 1.44. The van der Waals surface area contributed by atoms with Crippen molar-refractivity contribution >= 4 is 51.3 Å². The quantitative estimate of drug-likeness (QED) is 0.0980. The number of aliphatic carboxylic acids is 1. The van der Waals surface area contributed by atoms with Gasteiger partial charge in [0, 0.05) is 41.6 Å². The number of anilines is 3. The minimum absolute atomic E-state index is 0.0402. The number of nitrogens with one attached hydrogen (secondary N) is 1. The van der Waals surface area contributed by atoms with Crippen molar-refractivity contribution in [1.29, 1.82) is 0 Å². The van der Waals surface area contributed by atoms with E-state index < -0.39 is 16.6 Å². The average molecular weight is 633 g/mol. The fraction of sp³-hybridized carbons (Fsp3) is 0.515. The van der Waals surface area contributed by atoms with Crippen molar-refractivity contribution in [2.24, 2.45) is 10.8 Å². The normalized spacial score (nSPS) is 16.8. The molecule has 0 atom stereocenters. The molecule has 10 heteroatoms. The van der Waals surface area contributed by atoms with Crippen LogP contribution in [0.5, 0.6) is 5.75 Å². The second-order valence-corrected chi connectivity index (χ2v) is 15.6. The molecule has 238 valence electrons. The van der Waals surface area contributed by atoms with E-state index in [4.69, 9.17) is 9.84 Å². The molecule has 0 aliphatic carbocycles. The van der Waals surface area contributed by atoms with Gasteiger partial charge in [-0.1, -0.05) is 60.3 Å². The predicted molar refractivity (Wildman–Crippen MR) is 179 cm³/mol. The number of rotatable bonds is 13. The summed E-state index contributed by atoms with van der Waals surface area (Å²) in [6, 6.07) is 11.3. The summed E-state index contributed by atoms with van der Waals surface area (Å²) in [4.78, 5) is 26.9. The topological polar surface area (TPSA) is 119 Å². The van der Waals surface area contributed by atoms with Crippen LogP contribution in [0.4, 0.5) is 17.1 Å². The molecule has 0 fully saturated rings. The van der Waals surface area contributed by atoms with Gasteiger partial charge < -0.3 is 20.1 Å². The number of thioether (sulfide) groups is 1. The Morgan fingerprint density at radius 2 is 1.72 bits per heavy atom. The van der Waals surface area contributed by atoms with Gasteiger partial charge in [0.05, 0.1) is 27.8 Å². The highest BCUT2D eigenvalue weighted by molar-refractivity contribution is 8.24. The van der Waals surface area contributed by atoms with Crippen LogP contribution in [0.25, 0.3) is 0 Å². The van der Waals surface area contributed by atoms with Crippen LogP contribution in [0.15, 0.2) is 58.5 Å². The molecule has 0 saturated heterocycles. The van der Waals surface area contributed by atoms with E-state index in [0.717, 1.165) is 61.4 Å². The van der Waals surface area contributed by atoms with Gasteiger partial charge in [0.15, 0.2) is 0 Å². The van der Waals surface area contributed by atoms with E-state index in [2.05, 4.69) is 24.1 Å². The number of hydrogen-bond acceptors (Lipinski definition) is 7. The SMILES string of the molecule is CCCCC1(CCCC)CN(c2ccc(NC(=O)CC(C)(C)C)cc2)c2cc(SC)c(O/C=C/C(=O)O)cc2S(O)(O)C1. The smallest absolute Gasteiger partial charge is 0.331 e. The first-order chi connectivity index (χ1) is 20.2. The number of amides is 1. The van der Waals surface area contributed by atoms with E-state index in [1.807, 2.05) is 57.4 Å². The fourth-order valence-corrected chi connectivity index (χ4v) is 8.29. The molecular weight excluding hydrogens is 585 g/mol. The van der Waals surface area contributed by atoms with Crippen LogP contribution in [0, 0.1) is 10.8 Å². The summed E-state index contributed by atoms with van der Waals surface area (Å²) in [5.41, 5.74) is 1.83. The van der Waals surface area contributed by atoms with Crippen molar-refractivity contribution in [1.82, 2.24) is 0 Å². The number of carboxylic acids is 1. The third-order valence-electron chi connectivity index (χ3n) is 7.57. The summed E-state index contributed by atoms with van der Waals surface area (Å²) in [5, 5.41) is 12.0. The van der Waals surface area contributed by atoms with Crippen LogP contribution in [-0.2, 0) is 9.59 Å². The molecule has 0 saturated carbocycles. The molecule has 1 aliphatic rings. The third-order valence-corrected chi connectivity index (χ3v) is 10.4. The average Bonchev–Trinajstić information content (AvgIpc) is 3.01. The molecular formula is C33H48N2O6S2. The van der Waals surface area contributed by atoms with Gasteiger partial charge in [-0.15, -0.1) is 11.8 Å². The molecule has 2 aromatic carbocycles.